The van der Waals surface area contributed by atoms with Crippen LogP contribution in [0.1, 0.15) is 17.0 Å². The summed E-state index contributed by atoms with van der Waals surface area (Å²) < 4.78 is 0. The molecule has 0 bridgehead atoms. The van der Waals surface area contributed by atoms with Crippen molar-refractivity contribution in [3.63, 3.8) is 0 Å². The van der Waals surface area contributed by atoms with Crippen molar-refractivity contribution in [2.24, 2.45) is 0 Å². The molecule has 0 fully saturated rings. The standard InChI is InChI=1S/C15H12N4/c16-9-12-4-1-5-13-15(12)19-14(18-13)7-6-11-3-2-8-17-10-11/h1-5,8,10H,6-7H2,(H,18,19). The molecule has 0 unspecified atom stereocenters. The summed E-state index contributed by atoms with van der Waals surface area (Å²) >= 11 is 0. The van der Waals surface area contributed by atoms with Gasteiger partial charge in [-0.1, -0.05) is 12.1 Å². The smallest absolute Gasteiger partial charge is 0.107 e. The van der Waals surface area contributed by atoms with Crippen molar-refractivity contribution in [2.45, 2.75) is 12.8 Å². The number of aromatic amines is 1. The van der Waals surface area contributed by atoms with Gasteiger partial charge in [0.1, 0.15) is 17.4 Å². The predicted octanol–water partition coefficient (Wildman–Crippen LogP) is 2.61. The summed E-state index contributed by atoms with van der Waals surface area (Å²) in [5.41, 5.74) is 3.47. The molecule has 2 aromatic heterocycles. The second kappa shape index (κ2) is 4.91. The molecule has 0 radical (unpaired) electrons. The van der Waals surface area contributed by atoms with E-state index in [4.69, 9.17) is 5.26 Å². The van der Waals surface area contributed by atoms with Crippen LogP contribution in [0.2, 0.25) is 0 Å². The van der Waals surface area contributed by atoms with Crippen LogP contribution < -0.4 is 0 Å². The van der Waals surface area contributed by atoms with Crippen LogP contribution in [0.15, 0.2) is 42.7 Å². The summed E-state index contributed by atoms with van der Waals surface area (Å²) in [5.74, 6) is 0.904. The molecule has 0 atom stereocenters. The first-order valence-electron chi connectivity index (χ1n) is 6.13. The number of aryl methyl sites for hydroxylation is 2. The van der Waals surface area contributed by atoms with Crippen molar-refractivity contribution >= 4 is 11.0 Å². The Morgan fingerprint density at radius 1 is 1.16 bits per heavy atom. The number of nitrogens with one attached hydrogen (secondary N) is 1. The molecule has 92 valence electrons. The molecule has 0 spiro atoms. The number of hydrogen-bond donors (Lipinski definition) is 1. The van der Waals surface area contributed by atoms with Gasteiger partial charge in [-0.2, -0.15) is 5.26 Å². The van der Waals surface area contributed by atoms with E-state index >= 15 is 0 Å². The molecular formula is C15H12N4. The van der Waals surface area contributed by atoms with Crippen molar-refractivity contribution in [2.75, 3.05) is 0 Å². The maximum Gasteiger partial charge on any atom is 0.107 e. The van der Waals surface area contributed by atoms with E-state index in [1.165, 1.54) is 5.56 Å². The Bertz CT molecular complexity index is 738. The molecule has 4 heteroatoms. The Balaban J connectivity index is 1.85. The lowest BCUT2D eigenvalue weighted by Gasteiger charge is -1.97. The minimum absolute atomic E-state index is 0.612. The number of imidazole rings is 1. The monoisotopic (exact) mass is 248 g/mol. The second-order valence-corrected chi connectivity index (χ2v) is 4.36. The zero-order valence-electron chi connectivity index (χ0n) is 10.3. The van der Waals surface area contributed by atoms with E-state index in [1.807, 2.05) is 24.4 Å². The summed E-state index contributed by atoms with van der Waals surface area (Å²) in [4.78, 5) is 11.9. The number of nitrogens with zero attached hydrogens (tertiary/aromatic N) is 3. The fourth-order valence-corrected chi connectivity index (χ4v) is 2.10. The number of para-hydroxylation sites is 1. The first-order valence-corrected chi connectivity index (χ1v) is 6.13. The highest BCUT2D eigenvalue weighted by molar-refractivity contribution is 5.81. The highest BCUT2D eigenvalue weighted by Crippen LogP contribution is 2.16. The molecule has 0 saturated heterocycles. The maximum atomic E-state index is 9.04. The topological polar surface area (TPSA) is 65.4 Å². The summed E-state index contributed by atoms with van der Waals surface area (Å²) in [5, 5.41) is 9.04. The quantitative estimate of drug-likeness (QED) is 0.774. The number of rotatable bonds is 3. The zero-order chi connectivity index (χ0) is 13.1. The third-order valence-electron chi connectivity index (χ3n) is 3.06. The maximum absolute atomic E-state index is 9.04. The van der Waals surface area contributed by atoms with E-state index < -0.39 is 0 Å². The Labute approximate surface area is 110 Å². The van der Waals surface area contributed by atoms with Gasteiger partial charge in [0.2, 0.25) is 0 Å². The zero-order valence-corrected chi connectivity index (χ0v) is 10.3. The summed E-state index contributed by atoms with van der Waals surface area (Å²) in [6.45, 7) is 0. The van der Waals surface area contributed by atoms with Crippen LogP contribution in [0.3, 0.4) is 0 Å². The van der Waals surface area contributed by atoms with Gasteiger partial charge in [0.15, 0.2) is 0 Å². The summed E-state index contributed by atoms with van der Waals surface area (Å²) in [6.07, 6.45) is 5.33. The summed E-state index contributed by atoms with van der Waals surface area (Å²) in [6, 6.07) is 11.7. The molecule has 3 rings (SSSR count). The van der Waals surface area contributed by atoms with Crippen LogP contribution in [-0.2, 0) is 12.8 Å². The molecule has 0 saturated carbocycles. The third kappa shape index (κ3) is 2.31. The van der Waals surface area contributed by atoms with Crippen LogP contribution in [-0.4, -0.2) is 15.0 Å². The van der Waals surface area contributed by atoms with Gasteiger partial charge in [-0.25, -0.2) is 4.98 Å². The Hall–Kier alpha value is -2.67. The molecule has 0 amide bonds. The number of pyridine rings is 1. The number of fused-ring (bicyclic) bond motifs is 1. The predicted molar refractivity (Wildman–Crippen MR) is 72.5 cm³/mol. The van der Waals surface area contributed by atoms with Crippen LogP contribution in [0, 0.1) is 11.3 Å². The highest BCUT2D eigenvalue weighted by Gasteiger charge is 2.06. The van der Waals surface area contributed by atoms with E-state index in [-0.39, 0.29) is 0 Å². The number of hydrogen-bond acceptors (Lipinski definition) is 3. The number of aromatic nitrogens is 3. The van der Waals surface area contributed by atoms with Crippen molar-refractivity contribution in [1.82, 2.24) is 15.0 Å². The Morgan fingerprint density at radius 2 is 2.11 bits per heavy atom. The van der Waals surface area contributed by atoms with Gasteiger partial charge in [0.25, 0.3) is 0 Å². The van der Waals surface area contributed by atoms with E-state index in [0.29, 0.717) is 5.56 Å². The van der Waals surface area contributed by atoms with Gasteiger partial charge in [0.05, 0.1) is 11.1 Å². The third-order valence-corrected chi connectivity index (χ3v) is 3.06. The van der Waals surface area contributed by atoms with Crippen molar-refractivity contribution in [3.05, 3.63) is 59.7 Å². The first-order chi connectivity index (χ1) is 9.36. The highest BCUT2D eigenvalue weighted by atomic mass is 14.9. The SMILES string of the molecule is N#Cc1cccc2[nH]c(CCc3cccnc3)nc12. The Kier molecular flexibility index (Phi) is 2.95. The fourth-order valence-electron chi connectivity index (χ4n) is 2.10. The average molecular weight is 248 g/mol. The molecule has 0 aliphatic carbocycles. The largest absolute Gasteiger partial charge is 0.342 e. The molecular weight excluding hydrogens is 236 g/mol. The lowest BCUT2D eigenvalue weighted by molar-refractivity contribution is 0.884. The van der Waals surface area contributed by atoms with Crippen molar-refractivity contribution < 1.29 is 0 Å². The molecule has 3 aromatic rings. The van der Waals surface area contributed by atoms with Crippen LogP contribution in [0.4, 0.5) is 0 Å². The van der Waals surface area contributed by atoms with E-state index in [1.54, 1.807) is 12.3 Å². The molecule has 19 heavy (non-hydrogen) atoms. The van der Waals surface area contributed by atoms with E-state index in [9.17, 15) is 0 Å². The van der Waals surface area contributed by atoms with Crippen LogP contribution in [0.25, 0.3) is 11.0 Å². The number of benzene rings is 1. The van der Waals surface area contributed by atoms with Gasteiger partial charge < -0.3 is 4.98 Å². The van der Waals surface area contributed by atoms with Gasteiger partial charge in [-0.05, 0) is 30.2 Å². The van der Waals surface area contributed by atoms with Gasteiger partial charge in [-0.3, -0.25) is 4.98 Å². The fraction of sp³-hybridized carbons (Fsp3) is 0.133. The number of nitriles is 1. The average Bonchev–Trinajstić information content (AvgIpc) is 2.89. The van der Waals surface area contributed by atoms with Gasteiger partial charge in [-0.15, -0.1) is 0 Å². The minimum atomic E-state index is 0.612. The minimum Gasteiger partial charge on any atom is -0.342 e. The molecule has 2 heterocycles. The van der Waals surface area contributed by atoms with Crippen molar-refractivity contribution in [3.8, 4) is 6.07 Å². The normalized spacial score (nSPS) is 10.5. The molecule has 1 N–H and O–H groups in total. The Morgan fingerprint density at radius 3 is 2.89 bits per heavy atom. The van der Waals surface area contributed by atoms with Gasteiger partial charge >= 0.3 is 0 Å². The second-order valence-electron chi connectivity index (χ2n) is 4.36. The van der Waals surface area contributed by atoms with Gasteiger partial charge in [0, 0.05) is 18.8 Å². The van der Waals surface area contributed by atoms with Crippen LogP contribution in [0.5, 0.6) is 0 Å². The molecule has 0 aliphatic heterocycles. The van der Waals surface area contributed by atoms with E-state index in [0.717, 1.165) is 29.7 Å². The molecule has 0 aliphatic rings. The van der Waals surface area contributed by atoms with Crippen molar-refractivity contribution in [1.29, 1.82) is 5.26 Å². The summed E-state index contributed by atoms with van der Waals surface area (Å²) in [7, 11) is 0. The molecule has 4 nitrogen and oxygen atoms in total. The lowest BCUT2D eigenvalue weighted by Crippen LogP contribution is -1.93. The van der Waals surface area contributed by atoms with Crippen LogP contribution >= 0.6 is 0 Å². The lowest BCUT2D eigenvalue weighted by atomic mass is 10.1. The first kappa shape index (κ1) is 11.4. The molecule has 1 aromatic carbocycles. The van der Waals surface area contributed by atoms with E-state index in [2.05, 4.69) is 27.1 Å². The number of H-pyrrole nitrogens is 1.